The van der Waals surface area contributed by atoms with Gasteiger partial charge in [-0.05, 0) is 26.3 Å². The number of hydrogen-bond acceptors (Lipinski definition) is 5. The maximum absolute atomic E-state index is 11.7. The molecule has 0 fully saturated rings. The van der Waals surface area contributed by atoms with Gasteiger partial charge in [0.05, 0.1) is 15.9 Å². The van der Waals surface area contributed by atoms with Crippen LogP contribution in [0.15, 0.2) is 12.1 Å². The molecule has 0 aliphatic heterocycles. The highest BCUT2D eigenvalue weighted by atomic mass is 32.1. The van der Waals surface area contributed by atoms with Crippen molar-refractivity contribution in [3.05, 3.63) is 27.1 Å². The minimum absolute atomic E-state index is 0.0571. The van der Waals surface area contributed by atoms with E-state index in [-0.39, 0.29) is 17.0 Å². The smallest absolute Gasteiger partial charge is 0.324 e. The van der Waals surface area contributed by atoms with Gasteiger partial charge in [0.25, 0.3) is 5.91 Å². The number of nitrogens with one attached hydrogen (secondary N) is 1. The molecule has 0 bridgehead atoms. The Morgan fingerprint density at radius 2 is 2.24 bits per heavy atom. The lowest BCUT2D eigenvalue weighted by molar-refractivity contribution is -0.380. The molecule has 0 aliphatic rings. The summed E-state index contributed by atoms with van der Waals surface area (Å²) in [6.45, 7) is 3.41. The number of amides is 1. The van der Waals surface area contributed by atoms with Gasteiger partial charge in [0, 0.05) is 12.1 Å². The van der Waals surface area contributed by atoms with E-state index in [1.165, 1.54) is 12.1 Å². The summed E-state index contributed by atoms with van der Waals surface area (Å²) in [5, 5.41) is 22.2. The van der Waals surface area contributed by atoms with E-state index in [9.17, 15) is 14.9 Å². The molecule has 7 heteroatoms. The van der Waals surface area contributed by atoms with Crippen LogP contribution in [-0.2, 0) is 0 Å². The maximum Gasteiger partial charge on any atom is 0.324 e. The van der Waals surface area contributed by atoms with Crippen LogP contribution in [0.1, 0.15) is 29.9 Å². The molecule has 1 amide bonds. The van der Waals surface area contributed by atoms with E-state index in [1.807, 2.05) is 0 Å². The third kappa shape index (κ3) is 4.12. The van der Waals surface area contributed by atoms with E-state index in [1.54, 1.807) is 13.8 Å². The van der Waals surface area contributed by atoms with Gasteiger partial charge in [0.15, 0.2) is 0 Å². The summed E-state index contributed by atoms with van der Waals surface area (Å²) in [5.74, 6) is -0.351. The lowest BCUT2D eigenvalue weighted by Crippen LogP contribution is -2.34. The lowest BCUT2D eigenvalue weighted by atomic mass is 10.1. The van der Waals surface area contributed by atoms with E-state index in [0.717, 1.165) is 11.3 Å². The lowest BCUT2D eigenvalue weighted by Gasteiger charge is -2.14. The molecular formula is C10H14N2O4S. The molecule has 1 rings (SSSR count). The van der Waals surface area contributed by atoms with Gasteiger partial charge in [-0.1, -0.05) is 11.3 Å². The summed E-state index contributed by atoms with van der Waals surface area (Å²) < 4.78 is 0. The van der Waals surface area contributed by atoms with Gasteiger partial charge in [-0.2, -0.15) is 0 Å². The highest BCUT2D eigenvalue weighted by molar-refractivity contribution is 7.17. The van der Waals surface area contributed by atoms with E-state index in [4.69, 9.17) is 5.11 Å². The molecule has 0 saturated heterocycles. The molecule has 94 valence electrons. The number of thiophene rings is 1. The zero-order valence-electron chi connectivity index (χ0n) is 9.54. The predicted octanol–water partition coefficient (Wildman–Crippen LogP) is 1.55. The number of hydrogen-bond donors (Lipinski definition) is 2. The minimum atomic E-state index is -0.527. The van der Waals surface area contributed by atoms with Gasteiger partial charge >= 0.3 is 5.00 Å². The Hall–Kier alpha value is -1.47. The van der Waals surface area contributed by atoms with E-state index < -0.39 is 11.0 Å². The summed E-state index contributed by atoms with van der Waals surface area (Å²) in [4.78, 5) is 21.9. The number of nitrogens with zero attached hydrogens (tertiary/aromatic N) is 1. The molecule has 0 spiro atoms. The first-order valence-electron chi connectivity index (χ1n) is 5.13. The fraction of sp³-hybridized carbons (Fsp3) is 0.500. The van der Waals surface area contributed by atoms with Gasteiger partial charge in [0.1, 0.15) is 0 Å². The van der Waals surface area contributed by atoms with Crippen molar-refractivity contribution >= 4 is 22.2 Å². The summed E-state index contributed by atoms with van der Waals surface area (Å²) in [6.07, 6.45) is -0.0536. The minimum Gasteiger partial charge on any atom is -0.393 e. The van der Waals surface area contributed by atoms with Crippen molar-refractivity contribution in [2.24, 2.45) is 0 Å². The van der Waals surface area contributed by atoms with Crippen LogP contribution < -0.4 is 5.32 Å². The van der Waals surface area contributed by atoms with Crippen LogP contribution in [0.3, 0.4) is 0 Å². The Balaban J connectivity index is 2.60. The van der Waals surface area contributed by atoms with Crippen LogP contribution in [0.5, 0.6) is 0 Å². The van der Waals surface area contributed by atoms with Crippen LogP contribution in [0.4, 0.5) is 5.00 Å². The molecule has 0 saturated carbocycles. The molecule has 2 unspecified atom stereocenters. The Labute approximate surface area is 102 Å². The largest absolute Gasteiger partial charge is 0.393 e. The average Bonchev–Trinajstić information content (AvgIpc) is 2.64. The van der Waals surface area contributed by atoms with Crippen LogP contribution in [0.2, 0.25) is 0 Å². The highest BCUT2D eigenvalue weighted by Crippen LogP contribution is 2.23. The standard InChI is InChI=1S/C10H14N2O4S/c1-6(5-7(2)13)11-10(14)8-3-4-9(17-8)12(15)16/h3-4,6-7,13H,5H2,1-2H3,(H,11,14). The number of aliphatic hydroxyl groups is 1. The average molecular weight is 258 g/mol. The van der Waals surface area contributed by atoms with Gasteiger partial charge in [-0.3, -0.25) is 14.9 Å². The van der Waals surface area contributed by atoms with Crippen molar-refractivity contribution in [2.75, 3.05) is 0 Å². The molecule has 0 aliphatic carbocycles. The summed E-state index contributed by atoms with van der Waals surface area (Å²) >= 11 is 0.836. The molecule has 1 aromatic rings. The Kier molecular flexibility index (Phi) is 4.59. The zero-order chi connectivity index (χ0) is 13.0. The number of carbonyl (C=O) groups excluding carboxylic acids is 1. The van der Waals surface area contributed by atoms with Gasteiger partial charge in [0.2, 0.25) is 0 Å². The van der Waals surface area contributed by atoms with Crippen molar-refractivity contribution in [3.8, 4) is 0 Å². The Bertz CT molecular complexity index is 416. The van der Waals surface area contributed by atoms with Crippen molar-refractivity contribution in [3.63, 3.8) is 0 Å². The highest BCUT2D eigenvalue weighted by Gasteiger charge is 2.17. The summed E-state index contributed by atoms with van der Waals surface area (Å²) in [5.41, 5.74) is 0. The van der Waals surface area contributed by atoms with Crippen LogP contribution in [-0.4, -0.2) is 28.1 Å². The number of carbonyl (C=O) groups is 1. The molecule has 1 heterocycles. The number of nitro groups is 1. The Morgan fingerprint density at radius 1 is 1.59 bits per heavy atom. The predicted molar refractivity (Wildman–Crippen MR) is 64.2 cm³/mol. The molecule has 0 radical (unpaired) electrons. The van der Waals surface area contributed by atoms with Crippen molar-refractivity contribution in [2.45, 2.75) is 32.4 Å². The van der Waals surface area contributed by atoms with Crippen molar-refractivity contribution < 1.29 is 14.8 Å². The maximum atomic E-state index is 11.7. The molecule has 1 aromatic heterocycles. The van der Waals surface area contributed by atoms with Gasteiger partial charge in [-0.15, -0.1) is 0 Å². The quantitative estimate of drug-likeness (QED) is 0.619. The SMILES string of the molecule is CC(O)CC(C)NC(=O)c1ccc([N+](=O)[O-])s1. The molecule has 0 aromatic carbocycles. The molecule has 2 N–H and O–H groups in total. The topological polar surface area (TPSA) is 92.5 Å². The normalized spacial score (nSPS) is 14.1. The van der Waals surface area contributed by atoms with Gasteiger partial charge in [-0.25, -0.2) is 0 Å². The first-order valence-corrected chi connectivity index (χ1v) is 5.95. The second-order valence-corrected chi connectivity index (χ2v) is 4.92. The third-order valence-electron chi connectivity index (χ3n) is 2.07. The molecule has 2 atom stereocenters. The molecule has 17 heavy (non-hydrogen) atoms. The van der Waals surface area contributed by atoms with Crippen LogP contribution >= 0.6 is 11.3 Å². The molecular weight excluding hydrogens is 244 g/mol. The van der Waals surface area contributed by atoms with E-state index in [2.05, 4.69) is 5.32 Å². The van der Waals surface area contributed by atoms with E-state index >= 15 is 0 Å². The fourth-order valence-corrected chi connectivity index (χ4v) is 2.14. The molecule has 6 nitrogen and oxygen atoms in total. The van der Waals surface area contributed by atoms with Gasteiger partial charge < -0.3 is 10.4 Å². The second kappa shape index (κ2) is 5.74. The third-order valence-corrected chi connectivity index (χ3v) is 3.10. The fourth-order valence-electron chi connectivity index (χ4n) is 1.41. The number of rotatable bonds is 5. The van der Waals surface area contributed by atoms with Crippen molar-refractivity contribution in [1.29, 1.82) is 0 Å². The second-order valence-electron chi connectivity index (χ2n) is 3.85. The number of aliphatic hydroxyl groups excluding tert-OH is 1. The first kappa shape index (κ1) is 13.6. The summed E-state index contributed by atoms with van der Waals surface area (Å²) in [6, 6.07) is 2.55. The Morgan fingerprint density at radius 3 is 2.71 bits per heavy atom. The first-order chi connectivity index (χ1) is 7.90. The zero-order valence-corrected chi connectivity index (χ0v) is 10.4. The van der Waals surface area contributed by atoms with Crippen molar-refractivity contribution in [1.82, 2.24) is 5.32 Å². The van der Waals surface area contributed by atoms with Crippen LogP contribution in [0.25, 0.3) is 0 Å². The van der Waals surface area contributed by atoms with Crippen LogP contribution in [0, 0.1) is 10.1 Å². The van der Waals surface area contributed by atoms with E-state index in [0.29, 0.717) is 11.3 Å². The summed E-state index contributed by atoms with van der Waals surface area (Å²) in [7, 11) is 0. The monoisotopic (exact) mass is 258 g/mol.